The highest BCUT2D eigenvalue weighted by atomic mass is 32.2. The van der Waals surface area contributed by atoms with Gasteiger partial charge in [0.05, 0.1) is 16.4 Å². The lowest BCUT2D eigenvalue weighted by atomic mass is 9.98. The molecule has 0 aliphatic carbocycles. The minimum Gasteiger partial charge on any atom is -0.273 e. The average Bonchev–Trinajstić information content (AvgIpc) is 2.94. The van der Waals surface area contributed by atoms with Crippen molar-refractivity contribution in [3.63, 3.8) is 0 Å². The van der Waals surface area contributed by atoms with Crippen LogP contribution in [-0.4, -0.2) is 50.3 Å². The van der Waals surface area contributed by atoms with Crippen LogP contribution < -0.4 is 0 Å². The zero-order chi connectivity index (χ0) is 20.8. The maximum absolute atomic E-state index is 13.0. The van der Waals surface area contributed by atoms with Crippen LogP contribution in [0, 0.1) is 5.92 Å². The lowest BCUT2D eigenvalue weighted by molar-refractivity contribution is -0.129. The number of sulfonamides is 2. The molecule has 10 heteroatoms. The quantitative estimate of drug-likeness (QED) is 0.677. The van der Waals surface area contributed by atoms with Crippen molar-refractivity contribution in [2.45, 2.75) is 22.6 Å². The predicted molar refractivity (Wildman–Crippen MR) is 103 cm³/mol. The molecular formula is C19H18N2O6S2. The number of imide groups is 1. The van der Waals surface area contributed by atoms with E-state index in [9.17, 15) is 26.4 Å². The first kappa shape index (κ1) is 19.7. The third-order valence-electron chi connectivity index (χ3n) is 5.13. The standard InChI is InChI=1S/C19H18N2O6S2/c22-18(21-19(23)16-10-4-5-11-17(16)29(21,26)27)14-7-6-12-20(13-14)28(24,25)15-8-2-1-3-9-15/h1-5,8-11,14H,6-7,12-13H2/t14-/m0/s1. The number of fused-ring (bicyclic) bond motifs is 1. The predicted octanol–water partition coefficient (Wildman–Crippen LogP) is 1.46. The molecular weight excluding hydrogens is 416 g/mol. The number of hydrogen-bond acceptors (Lipinski definition) is 6. The van der Waals surface area contributed by atoms with Crippen LogP contribution in [0.5, 0.6) is 0 Å². The Morgan fingerprint density at radius 3 is 2.34 bits per heavy atom. The highest BCUT2D eigenvalue weighted by Gasteiger charge is 2.48. The van der Waals surface area contributed by atoms with Crippen molar-refractivity contribution < 1.29 is 26.4 Å². The van der Waals surface area contributed by atoms with E-state index < -0.39 is 37.8 Å². The van der Waals surface area contributed by atoms with Crippen LogP contribution in [0.25, 0.3) is 0 Å². The normalized spacial score (nSPS) is 21.7. The summed E-state index contributed by atoms with van der Waals surface area (Å²) in [5.41, 5.74) is -0.0505. The van der Waals surface area contributed by atoms with Crippen LogP contribution >= 0.6 is 0 Å². The summed E-state index contributed by atoms with van der Waals surface area (Å²) in [5, 5.41) is 0. The van der Waals surface area contributed by atoms with E-state index in [2.05, 4.69) is 0 Å². The molecule has 0 saturated carbocycles. The molecule has 0 radical (unpaired) electrons. The van der Waals surface area contributed by atoms with Crippen molar-refractivity contribution in [3.05, 3.63) is 60.2 Å². The maximum atomic E-state index is 13.0. The van der Waals surface area contributed by atoms with Crippen molar-refractivity contribution in [2.24, 2.45) is 5.92 Å². The monoisotopic (exact) mass is 434 g/mol. The highest BCUT2D eigenvalue weighted by Crippen LogP contribution is 2.33. The van der Waals surface area contributed by atoms with E-state index in [4.69, 9.17) is 0 Å². The number of nitrogens with zero attached hydrogens (tertiary/aromatic N) is 2. The Morgan fingerprint density at radius 2 is 1.66 bits per heavy atom. The van der Waals surface area contributed by atoms with Gasteiger partial charge in [0.1, 0.15) is 4.90 Å². The van der Waals surface area contributed by atoms with Crippen molar-refractivity contribution >= 4 is 31.9 Å². The van der Waals surface area contributed by atoms with Crippen molar-refractivity contribution in [1.82, 2.24) is 8.61 Å². The summed E-state index contributed by atoms with van der Waals surface area (Å²) in [7, 11) is -8.10. The average molecular weight is 434 g/mol. The number of hydrogen-bond donors (Lipinski definition) is 0. The second-order valence-corrected chi connectivity index (χ2v) is 10.6. The molecule has 2 aromatic carbocycles. The number of rotatable bonds is 3. The van der Waals surface area contributed by atoms with Gasteiger partial charge in [0.25, 0.3) is 15.9 Å². The van der Waals surface area contributed by atoms with Gasteiger partial charge in [-0.05, 0) is 37.1 Å². The molecule has 0 spiro atoms. The Labute approximate surface area is 168 Å². The Kier molecular flexibility index (Phi) is 4.80. The summed E-state index contributed by atoms with van der Waals surface area (Å²) in [6.45, 7) is 0.0492. The smallest absolute Gasteiger partial charge is 0.273 e. The second kappa shape index (κ2) is 7.05. The summed E-state index contributed by atoms with van der Waals surface area (Å²) < 4.78 is 52.7. The Balaban J connectivity index is 1.62. The molecule has 4 rings (SSSR count). The third kappa shape index (κ3) is 3.17. The number of carbonyl (C=O) groups is 2. The van der Waals surface area contributed by atoms with Crippen LogP contribution in [0.1, 0.15) is 23.2 Å². The molecule has 2 aliphatic heterocycles. The lowest BCUT2D eigenvalue weighted by Crippen LogP contribution is -2.48. The van der Waals surface area contributed by atoms with E-state index in [0.29, 0.717) is 17.1 Å². The van der Waals surface area contributed by atoms with E-state index in [1.54, 1.807) is 18.2 Å². The van der Waals surface area contributed by atoms with Gasteiger partial charge in [-0.3, -0.25) is 9.59 Å². The first-order valence-corrected chi connectivity index (χ1v) is 11.9. The molecule has 0 unspecified atom stereocenters. The van der Waals surface area contributed by atoms with E-state index >= 15 is 0 Å². The minimum atomic E-state index is -4.28. The van der Waals surface area contributed by atoms with Gasteiger partial charge < -0.3 is 0 Å². The summed E-state index contributed by atoms with van der Waals surface area (Å²) in [4.78, 5) is 25.5. The molecule has 2 amide bonds. The molecule has 0 bridgehead atoms. The lowest BCUT2D eigenvalue weighted by Gasteiger charge is -2.32. The SMILES string of the molecule is O=C1c2ccccc2S(=O)(=O)N1C(=O)[C@H]1CCCN(S(=O)(=O)c2ccccc2)C1. The molecule has 2 heterocycles. The van der Waals surface area contributed by atoms with Gasteiger partial charge in [0.15, 0.2) is 0 Å². The van der Waals surface area contributed by atoms with Gasteiger partial charge in [-0.15, -0.1) is 0 Å². The Bertz CT molecular complexity index is 1190. The molecule has 152 valence electrons. The fourth-order valence-corrected chi connectivity index (χ4v) is 6.80. The van der Waals surface area contributed by atoms with E-state index in [1.165, 1.54) is 40.7 Å². The van der Waals surface area contributed by atoms with Gasteiger partial charge in [0.2, 0.25) is 15.9 Å². The minimum absolute atomic E-state index is 0.0505. The van der Waals surface area contributed by atoms with Crippen LogP contribution in [0.4, 0.5) is 0 Å². The first-order valence-electron chi connectivity index (χ1n) is 9.02. The second-order valence-electron chi connectivity index (χ2n) is 6.92. The molecule has 2 aromatic rings. The van der Waals surface area contributed by atoms with Gasteiger partial charge in [0, 0.05) is 13.1 Å². The summed E-state index contributed by atoms with van der Waals surface area (Å²) in [5.74, 6) is -2.71. The van der Waals surface area contributed by atoms with Crippen LogP contribution in [0.15, 0.2) is 64.4 Å². The molecule has 8 nitrogen and oxygen atoms in total. The zero-order valence-corrected chi connectivity index (χ0v) is 16.9. The topological polar surface area (TPSA) is 109 Å². The summed E-state index contributed by atoms with van der Waals surface area (Å²) in [6.07, 6.45) is 0.687. The Morgan fingerprint density at radius 1 is 1.00 bits per heavy atom. The molecule has 1 saturated heterocycles. The number of benzene rings is 2. The van der Waals surface area contributed by atoms with Crippen LogP contribution in [-0.2, 0) is 24.8 Å². The van der Waals surface area contributed by atoms with Crippen LogP contribution in [0.3, 0.4) is 0 Å². The van der Waals surface area contributed by atoms with Gasteiger partial charge in [-0.25, -0.2) is 16.8 Å². The van der Waals surface area contributed by atoms with Crippen molar-refractivity contribution in [1.29, 1.82) is 0 Å². The fraction of sp³-hybridized carbons (Fsp3) is 0.263. The first-order chi connectivity index (χ1) is 13.7. The number of carbonyl (C=O) groups excluding carboxylic acids is 2. The summed E-state index contributed by atoms with van der Waals surface area (Å²) >= 11 is 0. The zero-order valence-electron chi connectivity index (χ0n) is 15.3. The maximum Gasteiger partial charge on any atom is 0.276 e. The van der Waals surface area contributed by atoms with E-state index in [1.807, 2.05) is 0 Å². The summed E-state index contributed by atoms with van der Waals surface area (Å²) in [6, 6.07) is 13.5. The number of amides is 2. The molecule has 0 aromatic heterocycles. The van der Waals surface area contributed by atoms with E-state index in [-0.39, 0.29) is 28.4 Å². The van der Waals surface area contributed by atoms with Crippen LogP contribution in [0.2, 0.25) is 0 Å². The van der Waals surface area contributed by atoms with E-state index in [0.717, 1.165) is 0 Å². The molecule has 1 fully saturated rings. The van der Waals surface area contributed by atoms with Gasteiger partial charge in [-0.1, -0.05) is 30.3 Å². The molecule has 29 heavy (non-hydrogen) atoms. The van der Waals surface area contributed by atoms with Gasteiger partial charge >= 0.3 is 0 Å². The Hall–Kier alpha value is -2.56. The molecule has 0 N–H and O–H groups in total. The third-order valence-corrected chi connectivity index (χ3v) is 8.75. The van der Waals surface area contributed by atoms with Crippen molar-refractivity contribution in [2.75, 3.05) is 13.1 Å². The fourth-order valence-electron chi connectivity index (χ4n) is 3.67. The largest absolute Gasteiger partial charge is 0.276 e. The molecule has 2 aliphatic rings. The van der Waals surface area contributed by atoms with Crippen molar-refractivity contribution in [3.8, 4) is 0 Å². The van der Waals surface area contributed by atoms with Gasteiger partial charge in [-0.2, -0.15) is 8.61 Å². The molecule has 1 atom stereocenters. The highest BCUT2D eigenvalue weighted by molar-refractivity contribution is 7.91. The number of piperidine rings is 1.